The summed E-state index contributed by atoms with van der Waals surface area (Å²) < 4.78 is 33.0. The number of ether oxygens (including phenoxy) is 2. The molecule has 1 aromatic carbocycles. The van der Waals surface area contributed by atoms with Gasteiger partial charge in [-0.3, -0.25) is 0 Å². The molecule has 1 saturated heterocycles. The first kappa shape index (κ1) is 14.4. The third-order valence-corrected chi connectivity index (χ3v) is 2.80. The second-order valence-electron chi connectivity index (χ2n) is 4.01. The Labute approximate surface area is 119 Å². The van der Waals surface area contributed by atoms with E-state index in [4.69, 9.17) is 17.0 Å². The van der Waals surface area contributed by atoms with E-state index >= 15 is 0 Å². The molecule has 0 spiro atoms. The number of carbonyl (C=O) groups is 1. The summed E-state index contributed by atoms with van der Waals surface area (Å²) in [5.74, 6) is -0.279. The number of esters is 1. The molecule has 1 aliphatic heterocycles. The van der Waals surface area contributed by atoms with Crippen molar-refractivity contribution in [3.63, 3.8) is 0 Å². The van der Waals surface area contributed by atoms with Gasteiger partial charge in [0.05, 0.1) is 6.61 Å². The Kier molecular flexibility index (Phi) is 4.67. The first-order valence-electron chi connectivity index (χ1n) is 5.83. The zero-order valence-electron chi connectivity index (χ0n) is 10.3. The number of anilines is 1. The van der Waals surface area contributed by atoms with Crippen LogP contribution in [0.25, 0.3) is 0 Å². The molecular formula is C12H12F2N2O3S. The van der Waals surface area contributed by atoms with Gasteiger partial charge in [-0.15, -0.1) is 0 Å². The van der Waals surface area contributed by atoms with Crippen molar-refractivity contribution >= 4 is 29.0 Å². The minimum atomic E-state index is -2.86. The van der Waals surface area contributed by atoms with Crippen LogP contribution in [-0.4, -0.2) is 30.3 Å². The lowest BCUT2D eigenvalue weighted by molar-refractivity contribution is -0.139. The zero-order valence-corrected chi connectivity index (χ0v) is 11.1. The standard InChI is InChI=1S/C12H12F2N2O3S/c13-11(14)19-8-3-1-7(2-4-8)15-12(20)16-9-5-6-18-10(9)17/h1-4,9,11H,5-6H2,(H2,15,16,20)/t9-/m0/s1. The average Bonchev–Trinajstić information content (AvgIpc) is 2.77. The van der Waals surface area contributed by atoms with Gasteiger partial charge in [0.1, 0.15) is 11.8 Å². The Morgan fingerprint density at radius 1 is 1.40 bits per heavy atom. The fourth-order valence-corrected chi connectivity index (χ4v) is 1.93. The van der Waals surface area contributed by atoms with E-state index in [1.54, 1.807) is 12.1 Å². The van der Waals surface area contributed by atoms with Gasteiger partial charge in [0, 0.05) is 12.1 Å². The molecule has 1 aliphatic rings. The van der Waals surface area contributed by atoms with Crippen LogP contribution in [0.5, 0.6) is 5.75 Å². The number of thiocarbonyl (C=S) groups is 1. The normalized spacial score (nSPS) is 17.8. The fraction of sp³-hybridized carbons (Fsp3) is 0.333. The molecule has 108 valence electrons. The predicted molar refractivity (Wildman–Crippen MR) is 71.8 cm³/mol. The van der Waals surface area contributed by atoms with E-state index in [-0.39, 0.29) is 16.8 Å². The Bertz CT molecular complexity index is 496. The first-order valence-corrected chi connectivity index (χ1v) is 6.24. The van der Waals surface area contributed by atoms with Gasteiger partial charge in [-0.25, -0.2) is 4.79 Å². The molecule has 0 radical (unpaired) electrons. The van der Waals surface area contributed by atoms with Crippen molar-refractivity contribution in [2.24, 2.45) is 0 Å². The zero-order chi connectivity index (χ0) is 14.5. The fourth-order valence-electron chi connectivity index (χ4n) is 1.67. The van der Waals surface area contributed by atoms with Crippen molar-refractivity contribution in [1.82, 2.24) is 5.32 Å². The van der Waals surface area contributed by atoms with Gasteiger partial charge in [0.2, 0.25) is 0 Å². The van der Waals surface area contributed by atoms with E-state index in [1.807, 2.05) is 0 Å². The number of alkyl halides is 2. The van der Waals surface area contributed by atoms with Crippen LogP contribution >= 0.6 is 12.2 Å². The molecule has 5 nitrogen and oxygen atoms in total. The third kappa shape index (κ3) is 4.02. The molecule has 0 bridgehead atoms. The lowest BCUT2D eigenvalue weighted by atomic mass is 10.2. The second-order valence-corrected chi connectivity index (χ2v) is 4.42. The Balaban J connectivity index is 1.86. The molecule has 1 atom stereocenters. The molecule has 0 unspecified atom stereocenters. The highest BCUT2D eigenvalue weighted by molar-refractivity contribution is 7.80. The van der Waals surface area contributed by atoms with E-state index in [1.165, 1.54) is 12.1 Å². The van der Waals surface area contributed by atoms with Crippen LogP contribution in [0.3, 0.4) is 0 Å². The Morgan fingerprint density at radius 2 is 2.10 bits per heavy atom. The molecule has 1 heterocycles. The van der Waals surface area contributed by atoms with Crippen molar-refractivity contribution in [2.75, 3.05) is 11.9 Å². The van der Waals surface area contributed by atoms with E-state index in [0.29, 0.717) is 18.7 Å². The molecule has 0 saturated carbocycles. The van der Waals surface area contributed by atoms with Gasteiger partial charge in [-0.1, -0.05) is 0 Å². The second kappa shape index (κ2) is 6.47. The predicted octanol–water partition coefficient (Wildman–Crippen LogP) is 1.89. The summed E-state index contributed by atoms with van der Waals surface area (Å²) in [7, 11) is 0. The van der Waals surface area contributed by atoms with Crippen LogP contribution in [0.15, 0.2) is 24.3 Å². The molecule has 2 N–H and O–H groups in total. The number of rotatable bonds is 4. The Hall–Kier alpha value is -1.96. The highest BCUT2D eigenvalue weighted by atomic mass is 32.1. The van der Waals surface area contributed by atoms with E-state index in [0.717, 1.165) is 0 Å². The maximum absolute atomic E-state index is 12.0. The first-order chi connectivity index (χ1) is 9.54. The lowest BCUT2D eigenvalue weighted by Gasteiger charge is -2.13. The summed E-state index contributed by atoms with van der Waals surface area (Å²) in [6, 6.07) is 5.41. The molecule has 20 heavy (non-hydrogen) atoms. The van der Waals surface area contributed by atoms with Crippen LogP contribution in [0.4, 0.5) is 14.5 Å². The largest absolute Gasteiger partial charge is 0.464 e. The molecule has 2 rings (SSSR count). The minimum absolute atomic E-state index is 0.0591. The number of carbonyl (C=O) groups excluding carboxylic acids is 1. The summed E-state index contributed by atoms with van der Waals surface area (Å²) in [4.78, 5) is 11.2. The quantitative estimate of drug-likeness (QED) is 0.654. The highest BCUT2D eigenvalue weighted by Gasteiger charge is 2.26. The maximum Gasteiger partial charge on any atom is 0.387 e. The van der Waals surface area contributed by atoms with Crippen LogP contribution in [0.1, 0.15) is 6.42 Å². The number of hydrogen-bond donors (Lipinski definition) is 2. The number of benzene rings is 1. The van der Waals surface area contributed by atoms with Gasteiger partial charge in [0.15, 0.2) is 5.11 Å². The van der Waals surface area contributed by atoms with Gasteiger partial charge in [-0.05, 0) is 36.5 Å². The van der Waals surface area contributed by atoms with E-state index < -0.39 is 12.7 Å². The van der Waals surface area contributed by atoms with Crippen molar-refractivity contribution in [2.45, 2.75) is 19.1 Å². The summed E-state index contributed by atoms with van der Waals surface area (Å²) in [5.41, 5.74) is 0.593. The third-order valence-electron chi connectivity index (χ3n) is 2.58. The summed E-state index contributed by atoms with van der Waals surface area (Å²) >= 11 is 5.05. The van der Waals surface area contributed by atoms with Gasteiger partial charge in [0.25, 0.3) is 0 Å². The lowest BCUT2D eigenvalue weighted by Crippen LogP contribution is -2.40. The molecule has 0 aromatic heterocycles. The molecule has 1 fully saturated rings. The van der Waals surface area contributed by atoms with Crippen LogP contribution in [0.2, 0.25) is 0 Å². The molecule has 8 heteroatoms. The van der Waals surface area contributed by atoms with Crippen LogP contribution in [0, 0.1) is 0 Å². The topological polar surface area (TPSA) is 59.6 Å². The van der Waals surface area contributed by atoms with Gasteiger partial charge in [-0.2, -0.15) is 8.78 Å². The van der Waals surface area contributed by atoms with Gasteiger partial charge < -0.3 is 20.1 Å². The molecule has 1 aromatic rings. The molecular weight excluding hydrogens is 290 g/mol. The minimum Gasteiger partial charge on any atom is -0.464 e. The van der Waals surface area contributed by atoms with Crippen LogP contribution < -0.4 is 15.4 Å². The maximum atomic E-state index is 12.0. The van der Waals surface area contributed by atoms with Crippen LogP contribution in [-0.2, 0) is 9.53 Å². The monoisotopic (exact) mass is 302 g/mol. The van der Waals surface area contributed by atoms with Crippen molar-refractivity contribution in [3.05, 3.63) is 24.3 Å². The van der Waals surface area contributed by atoms with E-state index in [2.05, 4.69) is 15.4 Å². The summed E-state index contributed by atoms with van der Waals surface area (Å²) in [6.45, 7) is -2.48. The highest BCUT2D eigenvalue weighted by Crippen LogP contribution is 2.17. The molecule has 0 amide bonds. The SMILES string of the molecule is O=C1OCC[C@@H]1NC(=S)Nc1ccc(OC(F)F)cc1. The smallest absolute Gasteiger partial charge is 0.387 e. The summed E-state index contributed by atoms with van der Waals surface area (Å²) in [5, 5.41) is 5.92. The van der Waals surface area contributed by atoms with Gasteiger partial charge >= 0.3 is 12.6 Å². The molecule has 0 aliphatic carbocycles. The number of cyclic esters (lactones) is 1. The summed E-state index contributed by atoms with van der Waals surface area (Å²) in [6.07, 6.45) is 0.557. The number of hydrogen-bond acceptors (Lipinski definition) is 4. The Morgan fingerprint density at radius 3 is 2.65 bits per heavy atom. The van der Waals surface area contributed by atoms with Crippen molar-refractivity contribution < 1.29 is 23.0 Å². The number of nitrogens with one attached hydrogen (secondary N) is 2. The van der Waals surface area contributed by atoms with E-state index in [9.17, 15) is 13.6 Å². The number of halogens is 2. The van der Waals surface area contributed by atoms with Crippen molar-refractivity contribution in [1.29, 1.82) is 0 Å². The average molecular weight is 302 g/mol. The van der Waals surface area contributed by atoms with Crippen molar-refractivity contribution in [3.8, 4) is 5.75 Å².